The van der Waals surface area contributed by atoms with Crippen molar-refractivity contribution in [1.82, 2.24) is 5.43 Å². The van der Waals surface area contributed by atoms with Gasteiger partial charge in [0.2, 0.25) is 0 Å². The molecule has 0 aliphatic rings. The number of carbonyl (C=O) groups is 1. The van der Waals surface area contributed by atoms with Gasteiger partial charge in [-0.1, -0.05) is 36.4 Å². The number of rotatable bonds is 3. The summed E-state index contributed by atoms with van der Waals surface area (Å²) < 4.78 is 0. The van der Waals surface area contributed by atoms with Gasteiger partial charge in [0.1, 0.15) is 5.75 Å². The molecule has 0 atom stereocenters. The molecule has 4 nitrogen and oxygen atoms in total. The van der Waals surface area contributed by atoms with Crippen LogP contribution in [0.25, 0.3) is 0 Å². The van der Waals surface area contributed by atoms with Crippen LogP contribution >= 0.6 is 0 Å². The first-order chi connectivity index (χ1) is 9.16. The summed E-state index contributed by atoms with van der Waals surface area (Å²) in [5.41, 5.74) is 4.36. The van der Waals surface area contributed by atoms with E-state index in [2.05, 4.69) is 10.5 Å². The second-order valence-electron chi connectivity index (χ2n) is 4.13. The molecule has 19 heavy (non-hydrogen) atoms. The normalized spacial score (nSPS) is 10.6. The van der Waals surface area contributed by atoms with Crippen LogP contribution < -0.4 is 5.43 Å². The lowest BCUT2D eigenvalue weighted by atomic mass is 10.1. The quantitative estimate of drug-likeness (QED) is 0.653. The molecule has 0 saturated carbocycles. The Morgan fingerprint density at radius 3 is 2.63 bits per heavy atom. The van der Waals surface area contributed by atoms with Crippen molar-refractivity contribution in [2.45, 2.75) is 6.92 Å². The molecule has 0 bridgehead atoms. The van der Waals surface area contributed by atoms with Gasteiger partial charge >= 0.3 is 0 Å². The van der Waals surface area contributed by atoms with Gasteiger partial charge in [0.05, 0.1) is 11.8 Å². The summed E-state index contributed by atoms with van der Waals surface area (Å²) in [4.78, 5) is 11.8. The molecule has 96 valence electrons. The Bertz CT molecular complexity index is 607. The molecule has 4 heteroatoms. The van der Waals surface area contributed by atoms with Crippen LogP contribution in [0.5, 0.6) is 5.75 Å². The Labute approximate surface area is 111 Å². The van der Waals surface area contributed by atoms with Crippen LogP contribution in [0.3, 0.4) is 0 Å². The first-order valence-electron chi connectivity index (χ1n) is 5.85. The number of aromatic hydroxyl groups is 1. The van der Waals surface area contributed by atoms with E-state index >= 15 is 0 Å². The number of nitrogens with zero attached hydrogens (tertiary/aromatic N) is 1. The van der Waals surface area contributed by atoms with Crippen LogP contribution in [0.4, 0.5) is 0 Å². The molecule has 0 radical (unpaired) electrons. The number of hydrogen-bond donors (Lipinski definition) is 2. The largest absolute Gasteiger partial charge is 0.507 e. The highest BCUT2D eigenvalue weighted by Crippen LogP contribution is 2.17. The molecule has 0 spiro atoms. The SMILES string of the molecule is Cc1ccc(C(=O)N/N=C/c2ccccc2)c(O)c1. The Morgan fingerprint density at radius 1 is 1.21 bits per heavy atom. The molecular weight excluding hydrogens is 240 g/mol. The number of amides is 1. The van der Waals surface area contributed by atoms with Gasteiger partial charge in [-0.05, 0) is 30.2 Å². The number of nitrogens with one attached hydrogen (secondary N) is 1. The van der Waals surface area contributed by atoms with Crippen molar-refractivity contribution in [3.05, 3.63) is 65.2 Å². The lowest BCUT2D eigenvalue weighted by molar-refractivity contribution is 0.0952. The first kappa shape index (κ1) is 12.8. The molecular formula is C15H14N2O2. The van der Waals surface area contributed by atoms with Gasteiger partial charge in [-0.25, -0.2) is 5.43 Å². The number of phenolic OH excluding ortho intramolecular Hbond substituents is 1. The highest BCUT2D eigenvalue weighted by Gasteiger charge is 2.09. The predicted octanol–water partition coefficient (Wildman–Crippen LogP) is 2.46. The molecule has 0 fully saturated rings. The summed E-state index contributed by atoms with van der Waals surface area (Å²) in [5.74, 6) is -0.489. The molecule has 2 N–H and O–H groups in total. The van der Waals surface area contributed by atoms with E-state index in [0.717, 1.165) is 11.1 Å². The maximum atomic E-state index is 11.8. The van der Waals surface area contributed by atoms with Crippen LogP contribution in [0.1, 0.15) is 21.5 Å². The topological polar surface area (TPSA) is 61.7 Å². The van der Waals surface area contributed by atoms with Crippen LogP contribution in [0, 0.1) is 6.92 Å². The minimum atomic E-state index is -0.440. The zero-order valence-electron chi connectivity index (χ0n) is 10.5. The highest BCUT2D eigenvalue weighted by molar-refractivity contribution is 5.97. The number of hydrogen-bond acceptors (Lipinski definition) is 3. The summed E-state index contributed by atoms with van der Waals surface area (Å²) in [7, 11) is 0. The van der Waals surface area contributed by atoms with Gasteiger partial charge < -0.3 is 5.11 Å². The second-order valence-corrected chi connectivity index (χ2v) is 4.13. The number of phenols is 1. The Kier molecular flexibility index (Phi) is 3.93. The van der Waals surface area contributed by atoms with Gasteiger partial charge in [-0.2, -0.15) is 5.10 Å². The highest BCUT2D eigenvalue weighted by atomic mass is 16.3. The van der Waals surface area contributed by atoms with E-state index in [4.69, 9.17) is 0 Å². The zero-order chi connectivity index (χ0) is 13.7. The Hall–Kier alpha value is -2.62. The summed E-state index contributed by atoms with van der Waals surface area (Å²) in [5, 5.41) is 13.5. The van der Waals surface area contributed by atoms with Gasteiger partial charge in [0, 0.05) is 0 Å². The van der Waals surface area contributed by atoms with Crippen LogP contribution in [-0.2, 0) is 0 Å². The Balaban J connectivity index is 2.04. The second kappa shape index (κ2) is 5.82. The molecule has 0 aromatic heterocycles. The van der Waals surface area contributed by atoms with E-state index in [-0.39, 0.29) is 11.3 Å². The van der Waals surface area contributed by atoms with E-state index in [1.54, 1.807) is 18.3 Å². The lowest BCUT2D eigenvalue weighted by Crippen LogP contribution is -2.17. The van der Waals surface area contributed by atoms with E-state index in [9.17, 15) is 9.90 Å². The average molecular weight is 254 g/mol. The van der Waals surface area contributed by atoms with Crippen LogP contribution in [-0.4, -0.2) is 17.2 Å². The summed E-state index contributed by atoms with van der Waals surface area (Å²) >= 11 is 0. The van der Waals surface area contributed by atoms with Gasteiger partial charge in [-0.3, -0.25) is 4.79 Å². The first-order valence-corrected chi connectivity index (χ1v) is 5.85. The van der Waals surface area contributed by atoms with Crippen LogP contribution in [0.15, 0.2) is 53.6 Å². The number of aryl methyl sites for hydroxylation is 1. The van der Waals surface area contributed by atoms with Crippen molar-refractivity contribution in [2.75, 3.05) is 0 Å². The van der Waals surface area contributed by atoms with Crippen molar-refractivity contribution in [3.8, 4) is 5.75 Å². The van der Waals surface area contributed by atoms with E-state index in [1.165, 1.54) is 6.07 Å². The van der Waals surface area contributed by atoms with Gasteiger partial charge in [0.15, 0.2) is 0 Å². The number of benzene rings is 2. The molecule has 2 aromatic carbocycles. The van der Waals surface area contributed by atoms with E-state index in [0.29, 0.717) is 0 Å². The minimum Gasteiger partial charge on any atom is -0.507 e. The number of carbonyl (C=O) groups excluding carboxylic acids is 1. The fraction of sp³-hybridized carbons (Fsp3) is 0.0667. The third-order valence-electron chi connectivity index (χ3n) is 2.58. The molecule has 0 aliphatic carbocycles. The fourth-order valence-corrected chi connectivity index (χ4v) is 1.60. The number of hydrazone groups is 1. The molecule has 2 aromatic rings. The summed E-state index contributed by atoms with van der Waals surface area (Å²) in [6.07, 6.45) is 1.54. The summed E-state index contributed by atoms with van der Waals surface area (Å²) in [6.45, 7) is 1.84. The molecule has 0 heterocycles. The third kappa shape index (κ3) is 3.42. The van der Waals surface area contributed by atoms with Crippen molar-refractivity contribution >= 4 is 12.1 Å². The zero-order valence-corrected chi connectivity index (χ0v) is 10.5. The fourth-order valence-electron chi connectivity index (χ4n) is 1.60. The smallest absolute Gasteiger partial charge is 0.275 e. The van der Waals surface area contributed by atoms with Crippen LogP contribution in [0.2, 0.25) is 0 Å². The van der Waals surface area contributed by atoms with Crippen molar-refractivity contribution in [1.29, 1.82) is 0 Å². The monoisotopic (exact) mass is 254 g/mol. The van der Waals surface area contributed by atoms with Crippen molar-refractivity contribution in [2.24, 2.45) is 5.10 Å². The molecule has 0 unspecified atom stereocenters. The van der Waals surface area contributed by atoms with E-state index < -0.39 is 5.91 Å². The molecule has 2 rings (SSSR count). The van der Waals surface area contributed by atoms with Crippen molar-refractivity contribution in [3.63, 3.8) is 0 Å². The molecule has 1 amide bonds. The Morgan fingerprint density at radius 2 is 1.95 bits per heavy atom. The van der Waals surface area contributed by atoms with Crippen molar-refractivity contribution < 1.29 is 9.90 Å². The standard InChI is InChI=1S/C15H14N2O2/c1-11-7-8-13(14(18)9-11)15(19)17-16-10-12-5-3-2-4-6-12/h2-10,18H,1H3,(H,17,19)/b16-10+. The molecule has 0 aliphatic heterocycles. The van der Waals surface area contributed by atoms with E-state index in [1.807, 2.05) is 37.3 Å². The maximum absolute atomic E-state index is 11.8. The predicted molar refractivity (Wildman–Crippen MR) is 74.3 cm³/mol. The minimum absolute atomic E-state index is 0.0487. The average Bonchev–Trinajstić information content (AvgIpc) is 2.39. The summed E-state index contributed by atoms with van der Waals surface area (Å²) in [6, 6.07) is 14.3. The lowest BCUT2D eigenvalue weighted by Gasteiger charge is -2.03. The maximum Gasteiger partial charge on any atom is 0.275 e. The van der Waals surface area contributed by atoms with Gasteiger partial charge in [0.25, 0.3) is 5.91 Å². The third-order valence-corrected chi connectivity index (χ3v) is 2.58. The molecule has 0 saturated heterocycles. The van der Waals surface area contributed by atoms with Gasteiger partial charge in [-0.15, -0.1) is 0 Å².